The van der Waals surface area contributed by atoms with Gasteiger partial charge in [0.15, 0.2) is 0 Å². The lowest BCUT2D eigenvalue weighted by atomic mass is 9.81. The molecule has 0 aromatic rings. The Morgan fingerprint density at radius 2 is 1.73 bits per heavy atom. The van der Waals surface area contributed by atoms with Crippen molar-refractivity contribution in [3.63, 3.8) is 0 Å². The molecule has 1 nitrogen and oxygen atoms in total. The predicted molar refractivity (Wildman–Crippen MR) is 56.8 cm³/mol. The number of nitrogens with two attached hydrogens (primary N) is 1. The highest BCUT2D eigenvalue weighted by Crippen LogP contribution is 2.39. The van der Waals surface area contributed by atoms with Crippen molar-refractivity contribution in [2.45, 2.75) is 63.3 Å². The monoisotopic (exact) mass is 217 g/mol. The summed E-state index contributed by atoms with van der Waals surface area (Å²) in [6, 6.07) is 0.168. The SMILES string of the molecule is NC(CCC1CC1)C1CCC(F)(F)CC1. The van der Waals surface area contributed by atoms with Crippen molar-refractivity contribution in [2.75, 3.05) is 0 Å². The minimum absolute atomic E-state index is 0.0504. The maximum absolute atomic E-state index is 12.9. The van der Waals surface area contributed by atoms with Gasteiger partial charge in [0.1, 0.15) is 0 Å². The quantitative estimate of drug-likeness (QED) is 0.768. The zero-order valence-electron chi connectivity index (χ0n) is 9.22. The average Bonchev–Trinajstić information content (AvgIpc) is 2.97. The number of hydrogen-bond acceptors (Lipinski definition) is 1. The first-order valence-electron chi connectivity index (χ1n) is 6.20. The maximum Gasteiger partial charge on any atom is 0.248 e. The second kappa shape index (κ2) is 4.36. The van der Waals surface area contributed by atoms with Crippen LogP contribution in [0.1, 0.15) is 51.4 Å². The molecule has 2 saturated carbocycles. The fourth-order valence-electron chi connectivity index (χ4n) is 2.56. The summed E-state index contributed by atoms with van der Waals surface area (Å²) in [6.45, 7) is 0. The van der Waals surface area contributed by atoms with Gasteiger partial charge in [0.25, 0.3) is 0 Å². The third-order valence-corrected chi connectivity index (χ3v) is 3.97. The van der Waals surface area contributed by atoms with Crippen molar-refractivity contribution in [2.24, 2.45) is 17.6 Å². The third kappa shape index (κ3) is 3.40. The largest absolute Gasteiger partial charge is 0.327 e. The van der Waals surface area contributed by atoms with Crippen molar-refractivity contribution in [1.29, 1.82) is 0 Å². The van der Waals surface area contributed by atoms with Gasteiger partial charge in [-0.1, -0.05) is 12.8 Å². The van der Waals surface area contributed by atoms with E-state index in [2.05, 4.69) is 0 Å². The van der Waals surface area contributed by atoms with Gasteiger partial charge < -0.3 is 5.73 Å². The van der Waals surface area contributed by atoms with E-state index in [0.29, 0.717) is 18.8 Å². The molecule has 0 spiro atoms. The molecule has 88 valence electrons. The van der Waals surface area contributed by atoms with Crippen LogP contribution in [0, 0.1) is 11.8 Å². The predicted octanol–water partition coefficient (Wildman–Crippen LogP) is 3.33. The molecule has 2 N–H and O–H groups in total. The van der Waals surface area contributed by atoms with Crippen molar-refractivity contribution in [3.8, 4) is 0 Å². The van der Waals surface area contributed by atoms with Crippen LogP contribution in [0.15, 0.2) is 0 Å². The minimum Gasteiger partial charge on any atom is -0.327 e. The van der Waals surface area contributed by atoms with Crippen LogP contribution < -0.4 is 5.73 Å². The van der Waals surface area contributed by atoms with E-state index >= 15 is 0 Å². The summed E-state index contributed by atoms with van der Waals surface area (Å²) in [7, 11) is 0. The van der Waals surface area contributed by atoms with E-state index in [9.17, 15) is 8.78 Å². The summed E-state index contributed by atoms with van der Waals surface area (Å²) in [5, 5.41) is 0. The summed E-state index contributed by atoms with van der Waals surface area (Å²) in [4.78, 5) is 0. The molecule has 0 aromatic carbocycles. The molecule has 0 aliphatic heterocycles. The van der Waals surface area contributed by atoms with E-state index in [1.165, 1.54) is 19.3 Å². The van der Waals surface area contributed by atoms with Crippen LogP contribution in [-0.4, -0.2) is 12.0 Å². The van der Waals surface area contributed by atoms with Crippen molar-refractivity contribution in [3.05, 3.63) is 0 Å². The van der Waals surface area contributed by atoms with E-state index in [-0.39, 0.29) is 18.9 Å². The Morgan fingerprint density at radius 1 is 1.13 bits per heavy atom. The fraction of sp³-hybridized carbons (Fsp3) is 1.00. The van der Waals surface area contributed by atoms with E-state index in [1.807, 2.05) is 0 Å². The van der Waals surface area contributed by atoms with Gasteiger partial charge in [-0.25, -0.2) is 8.78 Å². The molecule has 2 aliphatic rings. The molecule has 0 radical (unpaired) electrons. The standard InChI is InChI=1S/C12H21F2N/c13-12(14)7-5-10(6-8-12)11(15)4-3-9-1-2-9/h9-11H,1-8,15H2. The lowest BCUT2D eigenvalue weighted by Crippen LogP contribution is -2.36. The van der Waals surface area contributed by atoms with Crippen LogP contribution in [0.3, 0.4) is 0 Å². The van der Waals surface area contributed by atoms with E-state index in [1.54, 1.807) is 0 Å². The Balaban J connectivity index is 1.69. The van der Waals surface area contributed by atoms with Gasteiger partial charge in [-0.15, -0.1) is 0 Å². The molecule has 0 heterocycles. The van der Waals surface area contributed by atoms with Gasteiger partial charge >= 0.3 is 0 Å². The van der Waals surface area contributed by atoms with Gasteiger partial charge in [0, 0.05) is 18.9 Å². The van der Waals surface area contributed by atoms with E-state index in [4.69, 9.17) is 5.73 Å². The average molecular weight is 217 g/mol. The molecule has 1 unspecified atom stereocenters. The molecule has 2 rings (SSSR count). The van der Waals surface area contributed by atoms with Gasteiger partial charge in [0.05, 0.1) is 0 Å². The van der Waals surface area contributed by atoms with Gasteiger partial charge in [-0.05, 0) is 37.5 Å². The number of halogens is 2. The van der Waals surface area contributed by atoms with Crippen molar-refractivity contribution in [1.82, 2.24) is 0 Å². The Morgan fingerprint density at radius 3 is 2.27 bits per heavy atom. The Labute approximate surface area is 90.4 Å². The molecular weight excluding hydrogens is 196 g/mol. The summed E-state index contributed by atoms with van der Waals surface area (Å²) in [5.41, 5.74) is 6.07. The van der Waals surface area contributed by atoms with Crippen molar-refractivity contribution < 1.29 is 8.78 Å². The molecule has 0 amide bonds. The molecule has 2 fully saturated rings. The second-order valence-corrected chi connectivity index (χ2v) is 5.38. The molecule has 2 aliphatic carbocycles. The highest BCUT2D eigenvalue weighted by atomic mass is 19.3. The smallest absolute Gasteiger partial charge is 0.248 e. The first kappa shape index (κ1) is 11.3. The number of hydrogen-bond donors (Lipinski definition) is 1. The van der Waals surface area contributed by atoms with E-state index < -0.39 is 5.92 Å². The lowest BCUT2D eigenvalue weighted by molar-refractivity contribution is -0.0485. The zero-order valence-corrected chi connectivity index (χ0v) is 9.22. The summed E-state index contributed by atoms with van der Waals surface area (Å²) < 4.78 is 25.8. The molecule has 0 aromatic heterocycles. The number of rotatable bonds is 4. The Kier molecular flexibility index (Phi) is 3.29. The van der Waals surface area contributed by atoms with Gasteiger partial charge in [-0.3, -0.25) is 0 Å². The Hall–Kier alpha value is -0.180. The number of alkyl halides is 2. The molecule has 15 heavy (non-hydrogen) atoms. The summed E-state index contributed by atoms with van der Waals surface area (Å²) in [5.74, 6) is -1.16. The van der Waals surface area contributed by atoms with Crippen LogP contribution in [0.2, 0.25) is 0 Å². The molecule has 0 bridgehead atoms. The van der Waals surface area contributed by atoms with Crippen molar-refractivity contribution >= 4 is 0 Å². The first-order valence-corrected chi connectivity index (χ1v) is 6.20. The summed E-state index contributed by atoms with van der Waals surface area (Å²) in [6.07, 6.45) is 6.32. The van der Waals surface area contributed by atoms with Crippen LogP contribution in [-0.2, 0) is 0 Å². The Bertz CT molecular complexity index is 204. The highest BCUT2D eigenvalue weighted by Gasteiger charge is 2.36. The lowest BCUT2D eigenvalue weighted by Gasteiger charge is -2.32. The molecule has 1 atom stereocenters. The molecule has 3 heteroatoms. The minimum atomic E-state index is -2.41. The maximum atomic E-state index is 12.9. The first-order chi connectivity index (χ1) is 7.07. The molecule has 0 saturated heterocycles. The van der Waals surface area contributed by atoms with Crippen LogP contribution in [0.25, 0.3) is 0 Å². The van der Waals surface area contributed by atoms with Crippen LogP contribution >= 0.6 is 0 Å². The third-order valence-electron chi connectivity index (χ3n) is 3.97. The second-order valence-electron chi connectivity index (χ2n) is 5.38. The van der Waals surface area contributed by atoms with Gasteiger partial charge in [-0.2, -0.15) is 0 Å². The van der Waals surface area contributed by atoms with Crippen LogP contribution in [0.4, 0.5) is 8.78 Å². The zero-order chi connectivity index (χ0) is 10.9. The topological polar surface area (TPSA) is 26.0 Å². The van der Waals surface area contributed by atoms with E-state index in [0.717, 1.165) is 12.3 Å². The highest BCUT2D eigenvalue weighted by molar-refractivity contribution is 4.84. The van der Waals surface area contributed by atoms with Crippen LogP contribution in [0.5, 0.6) is 0 Å². The molecular formula is C12H21F2N. The normalized spacial score (nSPS) is 29.0. The fourth-order valence-corrected chi connectivity index (χ4v) is 2.56. The summed E-state index contributed by atoms with van der Waals surface area (Å²) >= 11 is 0. The van der Waals surface area contributed by atoms with Gasteiger partial charge in [0.2, 0.25) is 5.92 Å².